The summed E-state index contributed by atoms with van der Waals surface area (Å²) in [6, 6.07) is 20.0. The van der Waals surface area contributed by atoms with Gasteiger partial charge in [-0.2, -0.15) is 0 Å². The number of rotatable bonds is 6. The lowest BCUT2D eigenvalue weighted by atomic mass is 10.0. The highest BCUT2D eigenvalue weighted by atomic mass is 32.1. The van der Waals surface area contributed by atoms with Crippen LogP contribution < -0.4 is 10.6 Å². The van der Waals surface area contributed by atoms with Gasteiger partial charge < -0.3 is 10.1 Å². The zero-order valence-corrected chi connectivity index (χ0v) is 16.9. The minimum Gasteiger partial charge on any atom is -0.462 e. The molecule has 0 unspecified atom stereocenters. The number of benzene rings is 3. The Bertz CT molecular complexity index is 1030. The molecular weight excluding hydrogens is 384 g/mol. The number of hydrogen-bond acceptors (Lipinski definition) is 4. The van der Waals surface area contributed by atoms with E-state index in [1.165, 1.54) is 0 Å². The van der Waals surface area contributed by atoms with Gasteiger partial charge in [0, 0.05) is 11.3 Å². The first kappa shape index (κ1) is 20.5. The van der Waals surface area contributed by atoms with E-state index in [-0.39, 0.29) is 17.0 Å². The molecule has 1 amide bonds. The number of hydrogen-bond donors (Lipinski definition) is 2. The normalized spacial score (nSPS) is 10.4. The molecule has 0 atom stereocenters. The fraction of sp³-hybridized carbons (Fsp3) is 0.174. The standard InChI is InChI=1S/C23H22N2O3S/c1-2-3-15-28-22(27)17-11-13-18(14-12-17)24-23(29)25-21(26)20-10-6-8-16-7-4-5-9-19(16)20/h4-14H,2-3,15H2,1H3,(H2,24,25,26,29). The van der Waals surface area contributed by atoms with Gasteiger partial charge in [-0.25, -0.2) is 4.79 Å². The molecule has 0 aliphatic heterocycles. The monoisotopic (exact) mass is 406 g/mol. The Morgan fingerprint density at radius 1 is 0.966 bits per heavy atom. The molecule has 0 aliphatic carbocycles. The van der Waals surface area contributed by atoms with E-state index >= 15 is 0 Å². The maximum atomic E-state index is 12.6. The molecule has 6 heteroatoms. The van der Waals surface area contributed by atoms with Crippen LogP contribution in [0.15, 0.2) is 66.7 Å². The van der Waals surface area contributed by atoms with Crippen molar-refractivity contribution in [2.45, 2.75) is 19.8 Å². The molecule has 29 heavy (non-hydrogen) atoms. The smallest absolute Gasteiger partial charge is 0.338 e. The second-order valence-corrected chi connectivity index (χ2v) is 6.91. The Labute approximate surface area is 175 Å². The van der Waals surface area contributed by atoms with Crippen molar-refractivity contribution in [2.24, 2.45) is 0 Å². The highest BCUT2D eigenvalue weighted by Crippen LogP contribution is 2.18. The molecule has 0 bridgehead atoms. The number of anilines is 1. The van der Waals surface area contributed by atoms with E-state index in [2.05, 4.69) is 10.6 Å². The molecule has 148 valence electrons. The van der Waals surface area contributed by atoms with Crippen LogP contribution in [0.2, 0.25) is 0 Å². The van der Waals surface area contributed by atoms with Crippen LogP contribution in [0.1, 0.15) is 40.5 Å². The predicted octanol–water partition coefficient (Wildman–Crippen LogP) is 4.92. The molecule has 0 heterocycles. The molecule has 2 N–H and O–H groups in total. The second kappa shape index (κ2) is 9.80. The summed E-state index contributed by atoms with van der Waals surface area (Å²) in [4.78, 5) is 24.6. The Balaban J connectivity index is 1.60. The minimum atomic E-state index is -0.350. The SMILES string of the molecule is CCCCOC(=O)c1ccc(NC(=S)NC(=O)c2cccc3ccccc23)cc1. The first-order valence-corrected chi connectivity index (χ1v) is 9.86. The van der Waals surface area contributed by atoms with Crippen LogP contribution in [0.25, 0.3) is 10.8 Å². The van der Waals surface area contributed by atoms with Crippen LogP contribution in [0, 0.1) is 0 Å². The van der Waals surface area contributed by atoms with E-state index in [1.54, 1.807) is 30.3 Å². The van der Waals surface area contributed by atoms with Crippen LogP contribution in [-0.4, -0.2) is 23.6 Å². The number of carbonyl (C=O) groups is 2. The summed E-state index contributed by atoms with van der Waals surface area (Å²) in [7, 11) is 0. The average molecular weight is 407 g/mol. The van der Waals surface area contributed by atoms with Crippen molar-refractivity contribution in [1.82, 2.24) is 5.32 Å². The highest BCUT2D eigenvalue weighted by Gasteiger charge is 2.12. The van der Waals surface area contributed by atoms with Gasteiger partial charge in [0.15, 0.2) is 5.11 Å². The number of ether oxygens (including phenoxy) is 1. The van der Waals surface area contributed by atoms with Crippen molar-refractivity contribution < 1.29 is 14.3 Å². The molecule has 0 aliphatic rings. The molecule has 0 saturated heterocycles. The molecule has 0 radical (unpaired) electrons. The van der Waals surface area contributed by atoms with E-state index in [0.29, 0.717) is 23.4 Å². The third kappa shape index (κ3) is 5.39. The Hall–Kier alpha value is -3.25. The summed E-state index contributed by atoms with van der Waals surface area (Å²) in [5, 5.41) is 7.69. The molecule has 0 fully saturated rings. The molecule has 3 rings (SSSR count). The van der Waals surface area contributed by atoms with Crippen LogP contribution in [-0.2, 0) is 4.74 Å². The summed E-state index contributed by atoms with van der Waals surface area (Å²) in [5.74, 6) is -0.632. The molecular formula is C23H22N2O3S. The summed E-state index contributed by atoms with van der Waals surface area (Å²) in [5.41, 5.74) is 1.69. The minimum absolute atomic E-state index is 0.182. The molecule has 3 aromatic rings. The van der Waals surface area contributed by atoms with Gasteiger partial charge >= 0.3 is 5.97 Å². The van der Waals surface area contributed by atoms with E-state index in [9.17, 15) is 9.59 Å². The lowest BCUT2D eigenvalue weighted by molar-refractivity contribution is 0.0499. The first-order valence-electron chi connectivity index (χ1n) is 9.46. The fourth-order valence-corrected chi connectivity index (χ4v) is 3.05. The summed E-state index contributed by atoms with van der Waals surface area (Å²) in [6.07, 6.45) is 1.81. The van der Waals surface area contributed by atoms with Crippen LogP contribution in [0.5, 0.6) is 0 Å². The summed E-state index contributed by atoms with van der Waals surface area (Å²) >= 11 is 5.26. The third-order valence-corrected chi connectivity index (χ3v) is 4.57. The van der Waals surface area contributed by atoms with E-state index in [4.69, 9.17) is 17.0 Å². The quantitative estimate of drug-likeness (QED) is 0.345. The van der Waals surface area contributed by atoms with Crippen molar-refractivity contribution in [3.63, 3.8) is 0 Å². The van der Waals surface area contributed by atoms with Gasteiger partial charge in [0.05, 0.1) is 12.2 Å². The number of nitrogens with one attached hydrogen (secondary N) is 2. The Kier molecular flexibility index (Phi) is 6.92. The van der Waals surface area contributed by atoms with Crippen molar-refractivity contribution in [1.29, 1.82) is 0 Å². The topological polar surface area (TPSA) is 67.4 Å². The number of esters is 1. The molecule has 0 aromatic heterocycles. The molecule has 0 saturated carbocycles. The Morgan fingerprint density at radius 2 is 1.69 bits per heavy atom. The van der Waals surface area contributed by atoms with Crippen LogP contribution in [0.3, 0.4) is 0 Å². The van der Waals surface area contributed by atoms with Crippen LogP contribution >= 0.6 is 12.2 Å². The maximum absolute atomic E-state index is 12.6. The second-order valence-electron chi connectivity index (χ2n) is 6.50. The van der Waals surface area contributed by atoms with E-state index < -0.39 is 0 Å². The van der Waals surface area contributed by atoms with Crippen molar-refractivity contribution in [3.05, 3.63) is 77.9 Å². The average Bonchev–Trinajstić information content (AvgIpc) is 2.73. The van der Waals surface area contributed by atoms with Gasteiger partial charge in [-0.1, -0.05) is 49.7 Å². The molecule has 3 aromatic carbocycles. The Morgan fingerprint density at radius 3 is 2.45 bits per heavy atom. The van der Waals surface area contributed by atoms with Gasteiger partial charge in [0.25, 0.3) is 5.91 Å². The number of fused-ring (bicyclic) bond motifs is 1. The van der Waals surface area contributed by atoms with Gasteiger partial charge in [-0.05, 0) is 59.7 Å². The molecule has 0 spiro atoms. The third-order valence-electron chi connectivity index (χ3n) is 4.37. The first-order chi connectivity index (χ1) is 14.1. The predicted molar refractivity (Wildman–Crippen MR) is 119 cm³/mol. The maximum Gasteiger partial charge on any atom is 0.338 e. The molecule has 5 nitrogen and oxygen atoms in total. The van der Waals surface area contributed by atoms with Crippen molar-refractivity contribution in [2.75, 3.05) is 11.9 Å². The van der Waals surface area contributed by atoms with Gasteiger partial charge in [0.2, 0.25) is 0 Å². The zero-order chi connectivity index (χ0) is 20.6. The lowest BCUT2D eigenvalue weighted by Gasteiger charge is -2.11. The summed E-state index contributed by atoms with van der Waals surface area (Å²) in [6.45, 7) is 2.45. The summed E-state index contributed by atoms with van der Waals surface area (Å²) < 4.78 is 5.18. The van der Waals surface area contributed by atoms with Crippen molar-refractivity contribution >= 4 is 45.7 Å². The zero-order valence-electron chi connectivity index (χ0n) is 16.1. The lowest BCUT2D eigenvalue weighted by Crippen LogP contribution is -2.34. The number of unbranched alkanes of at least 4 members (excludes halogenated alkanes) is 1. The van der Waals surface area contributed by atoms with Gasteiger partial charge in [-0.3, -0.25) is 10.1 Å². The van der Waals surface area contributed by atoms with E-state index in [0.717, 1.165) is 23.6 Å². The van der Waals surface area contributed by atoms with Crippen molar-refractivity contribution in [3.8, 4) is 0 Å². The number of amides is 1. The number of thiocarbonyl (C=S) groups is 1. The largest absolute Gasteiger partial charge is 0.462 e. The highest BCUT2D eigenvalue weighted by molar-refractivity contribution is 7.80. The van der Waals surface area contributed by atoms with Gasteiger partial charge in [-0.15, -0.1) is 0 Å². The van der Waals surface area contributed by atoms with Crippen LogP contribution in [0.4, 0.5) is 5.69 Å². The number of carbonyl (C=O) groups excluding carboxylic acids is 2. The van der Waals surface area contributed by atoms with Gasteiger partial charge in [0.1, 0.15) is 0 Å². The van der Waals surface area contributed by atoms with E-state index in [1.807, 2.05) is 43.3 Å². The fourth-order valence-electron chi connectivity index (χ4n) is 2.84.